The molecule has 10 heteroatoms. The molecule has 0 unspecified atom stereocenters. The zero-order chi connectivity index (χ0) is 22.7. The summed E-state index contributed by atoms with van der Waals surface area (Å²) in [5.74, 6) is -2.80. The van der Waals surface area contributed by atoms with Crippen molar-refractivity contribution >= 4 is 52.7 Å². The first kappa shape index (κ1) is 29.2. The van der Waals surface area contributed by atoms with Gasteiger partial charge in [0.25, 0.3) is 0 Å². The molecule has 165 valence electrons. The second kappa shape index (κ2) is 15.1. The van der Waals surface area contributed by atoms with Crippen LogP contribution in [0.15, 0.2) is 72.8 Å². The first-order valence-corrected chi connectivity index (χ1v) is 9.20. The maximum absolute atomic E-state index is 10.3. The predicted molar refractivity (Wildman–Crippen MR) is 115 cm³/mol. The van der Waals surface area contributed by atoms with Gasteiger partial charge in [0, 0.05) is 53.7 Å². The van der Waals surface area contributed by atoms with Gasteiger partial charge in [-0.05, 0) is 72.8 Å². The molecule has 6 nitrogen and oxygen atoms in total. The predicted octanol–water partition coefficient (Wildman–Crippen LogP) is 6.11. The minimum Gasteiger partial charge on any atom is -0.478 e. The van der Waals surface area contributed by atoms with Gasteiger partial charge in [0.2, 0.25) is 0 Å². The summed E-state index contributed by atoms with van der Waals surface area (Å²) in [6.07, 6.45) is 0. The Morgan fingerprint density at radius 3 is 0.742 bits per heavy atom. The number of aromatic carboxylic acids is 3. The van der Waals surface area contributed by atoms with Crippen LogP contribution in [0, 0.1) is 38.6 Å². The van der Waals surface area contributed by atoms with Gasteiger partial charge in [-0.15, -0.1) is 0 Å². The maximum Gasteiger partial charge on any atom is 0.335 e. The summed E-state index contributed by atoms with van der Waals surface area (Å²) in [4.78, 5) is 30.8. The Morgan fingerprint density at radius 2 is 0.613 bits per heavy atom. The molecule has 0 aliphatic heterocycles. The van der Waals surface area contributed by atoms with E-state index in [1.165, 1.54) is 36.4 Å². The van der Waals surface area contributed by atoms with Crippen LogP contribution in [0.4, 0.5) is 0 Å². The average Bonchev–Trinajstić information content (AvgIpc) is 2.70. The Bertz CT molecular complexity index is 859. The van der Waals surface area contributed by atoms with Gasteiger partial charge in [-0.2, -0.15) is 0 Å². The minimum absolute atomic E-state index is 0. The summed E-state index contributed by atoms with van der Waals surface area (Å²) < 4.78 is 0. The Labute approximate surface area is 223 Å². The Balaban J connectivity index is 0.000000429. The molecule has 0 aromatic heterocycles. The second-order valence-corrected chi connectivity index (χ2v) is 6.75. The van der Waals surface area contributed by atoms with Crippen molar-refractivity contribution in [2.24, 2.45) is 0 Å². The third-order valence-electron chi connectivity index (χ3n) is 3.27. The number of carbonyl (C=O) groups is 3. The van der Waals surface area contributed by atoms with Crippen LogP contribution in [0.5, 0.6) is 0 Å². The van der Waals surface area contributed by atoms with E-state index >= 15 is 0 Å². The Morgan fingerprint density at radius 1 is 0.452 bits per heavy atom. The maximum atomic E-state index is 10.3. The van der Waals surface area contributed by atoms with Crippen LogP contribution in [0.1, 0.15) is 31.1 Å². The van der Waals surface area contributed by atoms with Gasteiger partial charge in [0.05, 0.1) is 16.7 Å². The first-order chi connectivity index (χ1) is 14.1. The summed E-state index contributed by atoms with van der Waals surface area (Å²) in [6.45, 7) is 0. The second-order valence-electron chi connectivity index (χ2n) is 5.44. The summed E-state index contributed by atoms with van der Waals surface area (Å²) in [6, 6.07) is 18.1. The van der Waals surface area contributed by atoms with Crippen molar-refractivity contribution < 1.29 is 68.3 Å². The van der Waals surface area contributed by atoms with Crippen LogP contribution < -0.4 is 0 Å². The van der Waals surface area contributed by atoms with Crippen molar-refractivity contribution in [2.75, 3.05) is 0 Å². The number of hydrogen-bond donors (Lipinski definition) is 3. The van der Waals surface area contributed by atoms with Crippen molar-refractivity contribution in [2.45, 2.75) is 0 Å². The van der Waals surface area contributed by atoms with Gasteiger partial charge in [0.1, 0.15) is 0 Å². The number of rotatable bonds is 3. The molecule has 0 saturated heterocycles. The van der Waals surface area contributed by atoms with Crippen LogP contribution in [-0.4, -0.2) is 33.2 Å². The van der Waals surface area contributed by atoms with Crippen molar-refractivity contribution in [3.63, 3.8) is 0 Å². The molecule has 3 aromatic rings. The SMILES string of the molecule is O=C(O)c1ccc(Cl)cc1.O=C(O)c1ccc(Cl)cc1.O=C(O)c1ccc(Cl)cc1.[Tb]. The van der Waals surface area contributed by atoms with E-state index in [4.69, 9.17) is 50.1 Å². The molecule has 3 aromatic carbocycles. The largest absolute Gasteiger partial charge is 0.478 e. The fraction of sp³-hybridized carbons (Fsp3) is 0. The third kappa shape index (κ3) is 12.0. The van der Waals surface area contributed by atoms with E-state index in [0.717, 1.165) is 0 Å². The minimum atomic E-state index is -0.934. The van der Waals surface area contributed by atoms with Gasteiger partial charge in [-0.25, -0.2) is 14.4 Å². The van der Waals surface area contributed by atoms with Crippen molar-refractivity contribution in [3.8, 4) is 0 Å². The molecule has 0 heterocycles. The molecular formula is C21H15Cl3O6Tb. The zero-order valence-electron chi connectivity index (χ0n) is 15.5. The third-order valence-corrected chi connectivity index (χ3v) is 4.03. The van der Waals surface area contributed by atoms with E-state index in [-0.39, 0.29) is 55.3 Å². The quantitative estimate of drug-likeness (QED) is 0.323. The summed E-state index contributed by atoms with van der Waals surface area (Å²) >= 11 is 16.6. The van der Waals surface area contributed by atoms with Gasteiger partial charge in [0.15, 0.2) is 0 Å². The van der Waals surface area contributed by atoms with Crippen LogP contribution in [0.25, 0.3) is 0 Å². The molecule has 1 radical (unpaired) electrons. The topological polar surface area (TPSA) is 112 Å². The van der Waals surface area contributed by atoms with E-state index < -0.39 is 17.9 Å². The molecular weight excluding hydrogens is 614 g/mol. The molecule has 3 N–H and O–H groups in total. The van der Waals surface area contributed by atoms with Crippen LogP contribution in [-0.2, 0) is 0 Å². The molecule has 3 rings (SSSR count). The molecule has 0 amide bonds. The fourth-order valence-electron chi connectivity index (χ4n) is 1.78. The van der Waals surface area contributed by atoms with E-state index in [1.54, 1.807) is 36.4 Å². The summed E-state index contributed by atoms with van der Waals surface area (Å²) in [7, 11) is 0. The van der Waals surface area contributed by atoms with Gasteiger partial charge >= 0.3 is 17.9 Å². The smallest absolute Gasteiger partial charge is 0.335 e. The molecule has 0 spiro atoms. The molecule has 0 atom stereocenters. The van der Waals surface area contributed by atoms with Crippen molar-refractivity contribution in [1.82, 2.24) is 0 Å². The van der Waals surface area contributed by atoms with Crippen molar-refractivity contribution in [1.29, 1.82) is 0 Å². The molecule has 31 heavy (non-hydrogen) atoms. The van der Waals surface area contributed by atoms with Crippen LogP contribution in [0.3, 0.4) is 0 Å². The molecule has 0 aliphatic rings. The average molecular weight is 629 g/mol. The van der Waals surface area contributed by atoms with Crippen LogP contribution >= 0.6 is 34.8 Å². The van der Waals surface area contributed by atoms with E-state index in [1.807, 2.05) is 0 Å². The zero-order valence-corrected chi connectivity index (χ0v) is 19.9. The number of carboxylic acid groups (broad SMARTS) is 3. The summed E-state index contributed by atoms with van der Waals surface area (Å²) in [5, 5.41) is 26.9. The van der Waals surface area contributed by atoms with E-state index in [2.05, 4.69) is 0 Å². The van der Waals surface area contributed by atoms with E-state index in [0.29, 0.717) is 15.1 Å². The van der Waals surface area contributed by atoms with E-state index in [9.17, 15) is 14.4 Å². The fourth-order valence-corrected chi connectivity index (χ4v) is 2.16. The van der Waals surface area contributed by atoms with Gasteiger partial charge in [-0.3, -0.25) is 0 Å². The van der Waals surface area contributed by atoms with Crippen LogP contribution in [0.2, 0.25) is 15.1 Å². The Hall–Kier alpha value is -1.77. The number of halogens is 3. The molecule has 0 saturated carbocycles. The Kier molecular flexibility index (Phi) is 14.2. The number of benzene rings is 3. The van der Waals surface area contributed by atoms with Crippen molar-refractivity contribution in [3.05, 3.63) is 105 Å². The standard InChI is InChI=1S/3C7H5ClO2.Tb/c3*8-6-3-1-5(2-4-6)7(9)10;/h3*1-4H,(H,9,10);. The van der Waals surface area contributed by atoms with Gasteiger partial charge in [-0.1, -0.05) is 34.8 Å². The molecule has 0 aliphatic carbocycles. The van der Waals surface area contributed by atoms with Gasteiger partial charge < -0.3 is 15.3 Å². The number of hydrogen-bond acceptors (Lipinski definition) is 3. The summed E-state index contributed by atoms with van der Waals surface area (Å²) in [5.41, 5.74) is 0.762. The molecule has 0 fully saturated rings. The monoisotopic (exact) mass is 627 g/mol. The normalized spacial score (nSPS) is 9.00. The first-order valence-electron chi connectivity index (χ1n) is 8.06. The number of carboxylic acids is 3. The molecule has 0 bridgehead atoms.